The molecular formula is C24H36BN3O5. The van der Waals surface area contributed by atoms with E-state index in [1.165, 1.54) is 0 Å². The molecule has 180 valence electrons. The molecule has 1 saturated heterocycles. The second-order valence-corrected chi connectivity index (χ2v) is 10.2. The molecule has 1 heterocycles. The van der Waals surface area contributed by atoms with Crippen molar-refractivity contribution in [2.75, 3.05) is 19.7 Å². The number of hydrogen-bond acceptors (Lipinski definition) is 6. The van der Waals surface area contributed by atoms with Gasteiger partial charge in [-0.2, -0.15) is 5.26 Å². The number of aryl methyl sites for hydroxylation is 1. The highest BCUT2D eigenvalue weighted by molar-refractivity contribution is 6.43. The molecule has 1 aromatic carbocycles. The number of rotatable bonds is 8. The summed E-state index contributed by atoms with van der Waals surface area (Å²) in [4.78, 5) is 26.8. The van der Waals surface area contributed by atoms with Gasteiger partial charge in [0, 0.05) is 19.0 Å². The van der Waals surface area contributed by atoms with Crippen molar-refractivity contribution in [3.05, 3.63) is 35.4 Å². The molecule has 2 amide bonds. The number of alkyl carbamates (subject to hydrolysis) is 1. The zero-order valence-electron chi connectivity index (χ0n) is 20.1. The fourth-order valence-corrected chi connectivity index (χ4v) is 4.02. The van der Waals surface area contributed by atoms with Gasteiger partial charge in [0.1, 0.15) is 5.92 Å². The lowest BCUT2D eigenvalue weighted by Crippen LogP contribution is -2.49. The summed E-state index contributed by atoms with van der Waals surface area (Å²) in [5.41, 5.74) is 1.83. The van der Waals surface area contributed by atoms with Crippen LogP contribution in [0.5, 0.6) is 0 Å². The molecule has 1 aliphatic rings. The van der Waals surface area contributed by atoms with E-state index in [0.29, 0.717) is 19.5 Å². The number of nitrogens with zero attached hydrogens (tertiary/aromatic N) is 2. The highest BCUT2D eigenvalue weighted by atomic mass is 16.5. The number of nitriles is 1. The number of carbonyl (C=O) groups excluding carboxylic acids is 2. The van der Waals surface area contributed by atoms with E-state index in [-0.39, 0.29) is 30.3 Å². The molecule has 9 heteroatoms. The summed E-state index contributed by atoms with van der Waals surface area (Å²) in [6.45, 7) is 9.12. The molecule has 0 aliphatic carbocycles. The summed E-state index contributed by atoms with van der Waals surface area (Å²) >= 11 is 0. The van der Waals surface area contributed by atoms with Crippen LogP contribution in [-0.2, 0) is 16.0 Å². The standard InChI is InChI=1S/C24H36BN3O5/c1-17-7-9-18(10-8-17)12-21(25(31)32)27-23(30)33-16-19-6-5-11-28(15-19)22(29)20(14-26)13-24(2,3)4/h7-10,19-21,31-32H,5-6,11-13,15-16H2,1-4H3,(H,27,30)/t19-,20?,21-/m0/s1. The van der Waals surface area contributed by atoms with E-state index in [4.69, 9.17) is 4.74 Å². The van der Waals surface area contributed by atoms with E-state index in [1.807, 2.05) is 52.0 Å². The molecule has 0 radical (unpaired) electrons. The van der Waals surface area contributed by atoms with Gasteiger partial charge < -0.3 is 25.0 Å². The van der Waals surface area contributed by atoms with Crippen LogP contribution in [0.1, 0.15) is 51.2 Å². The first-order valence-electron chi connectivity index (χ1n) is 11.5. The Morgan fingerprint density at radius 2 is 1.97 bits per heavy atom. The van der Waals surface area contributed by atoms with Gasteiger partial charge >= 0.3 is 13.2 Å². The van der Waals surface area contributed by atoms with Crippen LogP contribution in [0.4, 0.5) is 4.79 Å². The summed E-state index contributed by atoms with van der Waals surface area (Å²) in [6.07, 6.45) is 1.60. The van der Waals surface area contributed by atoms with Crippen molar-refractivity contribution in [1.82, 2.24) is 10.2 Å². The molecule has 0 aromatic heterocycles. The summed E-state index contributed by atoms with van der Waals surface area (Å²) in [5.74, 6) is -1.78. The van der Waals surface area contributed by atoms with Gasteiger partial charge in [0.05, 0.1) is 18.6 Å². The lowest BCUT2D eigenvalue weighted by Gasteiger charge is -2.34. The SMILES string of the molecule is Cc1ccc(C[C@H](NC(=O)OC[C@H]2CCCN(C(=O)C(C#N)CC(C)(C)C)C2)B(O)O)cc1. The minimum atomic E-state index is -1.73. The molecule has 1 aromatic rings. The number of benzene rings is 1. The topological polar surface area (TPSA) is 123 Å². The van der Waals surface area contributed by atoms with Crippen molar-refractivity contribution < 1.29 is 24.4 Å². The molecule has 1 unspecified atom stereocenters. The summed E-state index contributed by atoms with van der Waals surface area (Å²) in [7, 11) is -1.73. The number of nitrogens with one attached hydrogen (secondary N) is 1. The van der Waals surface area contributed by atoms with Crippen molar-refractivity contribution in [2.45, 2.75) is 59.3 Å². The first kappa shape index (κ1) is 26.7. The fraction of sp³-hybridized carbons (Fsp3) is 0.625. The highest BCUT2D eigenvalue weighted by Crippen LogP contribution is 2.27. The minimum Gasteiger partial charge on any atom is -0.449 e. The average Bonchev–Trinajstić information content (AvgIpc) is 2.76. The van der Waals surface area contributed by atoms with Crippen LogP contribution in [0.2, 0.25) is 0 Å². The van der Waals surface area contributed by atoms with Crippen molar-refractivity contribution in [3.8, 4) is 6.07 Å². The molecular weight excluding hydrogens is 421 g/mol. The summed E-state index contributed by atoms with van der Waals surface area (Å²) in [6, 6.07) is 9.73. The second kappa shape index (κ2) is 12.1. The van der Waals surface area contributed by atoms with E-state index in [9.17, 15) is 24.9 Å². The van der Waals surface area contributed by atoms with Gasteiger partial charge in [-0.25, -0.2) is 4.79 Å². The average molecular weight is 457 g/mol. The largest absolute Gasteiger partial charge is 0.475 e. The van der Waals surface area contributed by atoms with E-state index in [0.717, 1.165) is 24.0 Å². The number of piperidine rings is 1. The Morgan fingerprint density at radius 3 is 2.55 bits per heavy atom. The van der Waals surface area contributed by atoms with Crippen LogP contribution in [0.3, 0.4) is 0 Å². The molecule has 2 rings (SSSR count). The Hall–Kier alpha value is -2.57. The maximum absolute atomic E-state index is 12.8. The van der Waals surface area contributed by atoms with Crippen LogP contribution in [0.15, 0.2) is 24.3 Å². The predicted molar refractivity (Wildman–Crippen MR) is 126 cm³/mol. The molecule has 1 aliphatic heterocycles. The zero-order chi connectivity index (χ0) is 24.6. The van der Waals surface area contributed by atoms with Crippen LogP contribution in [0.25, 0.3) is 0 Å². The molecule has 3 N–H and O–H groups in total. The maximum Gasteiger partial charge on any atom is 0.475 e. The highest BCUT2D eigenvalue weighted by Gasteiger charge is 2.32. The van der Waals surface area contributed by atoms with E-state index < -0.39 is 25.1 Å². The maximum atomic E-state index is 12.8. The number of ether oxygens (including phenoxy) is 1. The smallest absolute Gasteiger partial charge is 0.449 e. The number of carbonyl (C=O) groups is 2. The Labute approximate surface area is 197 Å². The van der Waals surface area contributed by atoms with Gasteiger partial charge in [-0.3, -0.25) is 4.79 Å². The fourth-order valence-electron chi connectivity index (χ4n) is 4.02. The lowest BCUT2D eigenvalue weighted by atomic mass is 9.76. The first-order valence-corrected chi connectivity index (χ1v) is 11.5. The summed E-state index contributed by atoms with van der Waals surface area (Å²) in [5, 5.41) is 31.3. The van der Waals surface area contributed by atoms with Gasteiger partial charge in [-0.15, -0.1) is 0 Å². The molecule has 0 spiro atoms. The molecule has 3 atom stereocenters. The zero-order valence-corrected chi connectivity index (χ0v) is 20.1. The van der Waals surface area contributed by atoms with Gasteiger partial charge in [-0.05, 0) is 43.6 Å². The van der Waals surface area contributed by atoms with Crippen LogP contribution < -0.4 is 5.32 Å². The van der Waals surface area contributed by atoms with Gasteiger partial charge in [0.15, 0.2) is 0 Å². The third kappa shape index (κ3) is 9.07. The van der Waals surface area contributed by atoms with Gasteiger partial charge in [-0.1, -0.05) is 50.6 Å². The van der Waals surface area contributed by atoms with Crippen molar-refractivity contribution in [3.63, 3.8) is 0 Å². The Balaban J connectivity index is 1.86. The Morgan fingerprint density at radius 1 is 1.30 bits per heavy atom. The van der Waals surface area contributed by atoms with Gasteiger partial charge in [0.2, 0.25) is 5.91 Å². The van der Waals surface area contributed by atoms with Crippen molar-refractivity contribution in [2.24, 2.45) is 17.3 Å². The monoisotopic (exact) mass is 457 g/mol. The summed E-state index contributed by atoms with van der Waals surface area (Å²) < 4.78 is 5.34. The number of amides is 2. The Kier molecular flexibility index (Phi) is 9.75. The van der Waals surface area contributed by atoms with Gasteiger partial charge in [0.25, 0.3) is 0 Å². The van der Waals surface area contributed by atoms with Crippen LogP contribution >= 0.6 is 0 Å². The molecule has 8 nitrogen and oxygen atoms in total. The van der Waals surface area contributed by atoms with Crippen LogP contribution in [-0.4, -0.2) is 59.7 Å². The molecule has 33 heavy (non-hydrogen) atoms. The lowest BCUT2D eigenvalue weighted by molar-refractivity contribution is -0.136. The first-order chi connectivity index (χ1) is 15.5. The van der Waals surface area contributed by atoms with Crippen LogP contribution in [0, 0.1) is 35.5 Å². The predicted octanol–water partition coefficient (Wildman–Crippen LogP) is 2.46. The minimum absolute atomic E-state index is 0.0305. The van der Waals surface area contributed by atoms with E-state index in [1.54, 1.807) is 4.90 Å². The number of hydrogen-bond donors (Lipinski definition) is 3. The van der Waals surface area contributed by atoms with E-state index >= 15 is 0 Å². The second-order valence-electron chi connectivity index (χ2n) is 10.2. The third-order valence-electron chi connectivity index (χ3n) is 5.79. The normalized spacial score (nSPS) is 18.1. The Bertz CT molecular complexity index is 832. The quantitative estimate of drug-likeness (QED) is 0.516. The van der Waals surface area contributed by atoms with Crippen molar-refractivity contribution >= 4 is 19.1 Å². The number of likely N-dealkylation sites (tertiary alicyclic amines) is 1. The molecule has 0 bridgehead atoms. The molecule has 0 saturated carbocycles. The molecule has 1 fully saturated rings. The van der Waals surface area contributed by atoms with Crippen molar-refractivity contribution in [1.29, 1.82) is 5.26 Å². The third-order valence-corrected chi connectivity index (χ3v) is 5.79. The van der Waals surface area contributed by atoms with E-state index in [2.05, 4.69) is 11.4 Å².